The first-order chi connectivity index (χ1) is 34.6. The minimum Gasteiger partial charge on any atom is -0.477 e. The first-order valence-corrected chi connectivity index (χ1v) is 27.3. The summed E-state index contributed by atoms with van der Waals surface area (Å²) in [6.45, 7) is 4.64. The average Bonchev–Trinajstić information content (AvgIpc) is 3.34. The van der Waals surface area contributed by atoms with Gasteiger partial charge in [-0.25, -0.2) is 4.79 Å². The predicted octanol–water partition coefficient (Wildman–Crippen LogP) is 15.9. The van der Waals surface area contributed by atoms with Crippen molar-refractivity contribution in [1.82, 2.24) is 0 Å². The van der Waals surface area contributed by atoms with Crippen LogP contribution in [-0.4, -0.2) is 87.4 Å². The Hall–Kier alpha value is -4.57. The minimum atomic E-state index is -1.53. The largest absolute Gasteiger partial charge is 0.477 e. The lowest BCUT2D eigenvalue weighted by molar-refractivity contribution is -0.870. The fourth-order valence-electron chi connectivity index (χ4n) is 6.67. The molecule has 0 rings (SSSR count). The van der Waals surface area contributed by atoms with E-state index in [2.05, 4.69) is 148 Å². The van der Waals surface area contributed by atoms with Crippen LogP contribution in [0.1, 0.15) is 181 Å². The maximum atomic E-state index is 12.8. The lowest BCUT2D eigenvalue weighted by atomic mass is 10.1. The molecule has 0 heterocycles. The highest BCUT2D eigenvalue weighted by Gasteiger charge is 2.25. The molecule has 0 amide bonds. The molecule has 0 aromatic rings. The summed E-state index contributed by atoms with van der Waals surface area (Å²) in [6.07, 6.45) is 71.1. The van der Waals surface area contributed by atoms with Gasteiger partial charge in [0.05, 0.1) is 34.4 Å². The van der Waals surface area contributed by atoms with Crippen molar-refractivity contribution in [3.8, 4) is 0 Å². The number of allylic oxidation sites excluding steroid dienone is 22. The van der Waals surface area contributed by atoms with Crippen LogP contribution in [0.25, 0.3) is 0 Å². The second kappa shape index (κ2) is 51.8. The zero-order chi connectivity index (χ0) is 52.0. The van der Waals surface area contributed by atoms with Crippen molar-refractivity contribution in [2.24, 2.45) is 0 Å². The first-order valence-electron chi connectivity index (χ1n) is 27.3. The van der Waals surface area contributed by atoms with E-state index in [-0.39, 0.29) is 38.6 Å². The summed E-state index contributed by atoms with van der Waals surface area (Å²) in [5, 5.41) is 9.66. The maximum absolute atomic E-state index is 12.8. The van der Waals surface area contributed by atoms with Gasteiger partial charge in [-0.15, -0.1) is 0 Å². The fraction of sp³-hybridized carbons (Fsp3) is 0.597. The summed E-state index contributed by atoms with van der Waals surface area (Å²) in [7, 11) is 5.93. The van der Waals surface area contributed by atoms with Crippen molar-refractivity contribution in [3.63, 3.8) is 0 Å². The summed E-state index contributed by atoms with van der Waals surface area (Å²) in [5.41, 5.74) is 0. The molecule has 0 saturated heterocycles. The third-order valence-corrected chi connectivity index (χ3v) is 10.9. The van der Waals surface area contributed by atoms with Gasteiger partial charge in [-0.2, -0.15) is 0 Å². The zero-order valence-corrected chi connectivity index (χ0v) is 45.3. The quantitative estimate of drug-likeness (QED) is 0.0211. The molecule has 0 fully saturated rings. The molecule has 2 atom stereocenters. The molecule has 71 heavy (non-hydrogen) atoms. The molecule has 0 aliphatic rings. The van der Waals surface area contributed by atoms with Gasteiger partial charge in [-0.3, -0.25) is 9.59 Å². The molecule has 0 saturated carbocycles. The van der Waals surface area contributed by atoms with Crippen molar-refractivity contribution in [3.05, 3.63) is 134 Å². The van der Waals surface area contributed by atoms with E-state index in [0.29, 0.717) is 17.4 Å². The highest BCUT2D eigenvalue weighted by Crippen LogP contribution is 2.12. The third kappa shape index (κ3) is 53.1. The van der Waals surface area contributed by atoms with Gasteiger partial charge in [0, 0.05) is 12.8 Å². The van der Waals surface area contributed by atoms with Crippen LogP contribution in [0, 0.1) is 0 Å². The predicted molar refractivity (Wildman–Crippen MR) is 299 cm³/mol. The summed E-state index contributed by atoms with van der Waals surface area (Å²) in [6, 6.07) is 0. The number of ether oxygens (including phenoxy) is 4. The van der Waals surface area contributed by atoms with Gasteiger partial charge in [-0.1, -0.05) is 192 Å². The number of hydrogen-bond donors (Lipinski definition) is 1. The van der Waals surface area contributed by atoms with Gasteiger partial charge in [-0.05, 0) is 109 Å². The van der Waals surface area contributed by atoms with E-state index >= 15 is 0 Å². The number of quaternary nitrogens is 1. The van der Waals surface area contributed by atoms with Crippen LogP contribution in [0.4, 0.5) is 0 Å². The van der Waals surface area contributed by atoms with E-state index in [1.54, 1.807) is 0 Å². The van der Waals surface area contributed by atoms with Gasteiger partial charge in [0.15, 0.2) is 6.10 Å². The normalized spacial score (nSPS) is 13.9. The number of hydrogen-bond acceptors (Lipinski definition) is 7. The second-order valence-electron chi connectivity index (χ2n) is 18.8. The van der Waals surface area contributed by atoms with Gasteiger partial charge < -0.3 is 28.5 Å². The Kier molecular flexibility index (Phi) is 48.4. The van der Waals surface area contributed by atoms with Crippen molar-refractivity contribution < 1.29 is 42.9 Å². The van der Waals surface area contributed by atoms with E-state index in [0.717, 1.165) is 135 Å². The molecule has 0 aromatic carbocycles. The maximum Gasteiger partial charge on any atom is 0.361 e. The van der Waals surface area contributed by atoms with Crippen molar-refractivity contribution in [1.29, 1.82) is 0 Å². The average molecular weight is 987 g/mol. The lowest BCUT2D eigenvalue weighted by Gasteiger charge is -2.25. The number of esters is 2. The molecule has 9 nitrogen and oxygen atoms in total. The van der Waals surface area contributed by atoms with E-state index < -0.39 is 24.3 Å². The number of carboxylic acids is 1. The molecular formula is C62H100NO8+. The highest BCUT2D eigenvalue weighted by molar-refractivity contribution is 5.71. The molecule has 400 valence electrons. The molecule has 9 heteroatoms. The number of carboxylic acid groups (broad SMARTS) is 1. The van der Waals surface area contributed by atoms with Gasteiger partial charge in [0.1, 0.15) is 13.2 Å². The van der Waals surface area contributed by atoms with Crippen LogP contribution >= 0.6 is 0 Å². The number of unbranched alkanes of at least 4 members (excludes halogenated alkanes) is 11. The van der Waals surface area contributed by atoms with Crippen molar-refractivity contribution in [2.75, 3.05) is 47.5 Å². The second-order valence-corrected chi connectivity index (χ2v) is 18.8. The number of likely N-dealkylation sites (N-methyl/N-ethyl adjacent to an activating group) is 1. The molecule has 0 radical (unpaired) electrons. The molecule has 0 aliphatic heterocycles. The smallest absolute Gasteiger partial charge is 0.361 e. The van der Waals surface area contributed by atoms with Gasteiger partial charge in [0.25, 0.3) is 6.29 Å². The minimum absolute atomic E-state index is 0.174. The Bertz CT molecular complexity index is 1620. The summed E-state index contributed by atoms with van der Waals surface area (Å²) >= 11 is 0. The Morgan fingerprint density at radius 1 is 0.437 bits per heavy atom. The van der Waals surface area contributed by atoms with Crippen LogP contribution in [0.2, 0.25) is 0 Å². The highest BCUT2D eigenvalue weighted by atomic mass is 16.7. The molecule has 2 unspecified atom stereocenters. The van der Waals surface area contributed by atoms with Crippen molar-refractivity contribution in [2.45, 2.75) is 193 Å². The molecule has 0 bridgehead atoms. The summed E-state index contributed by atoms with van der Waals surface area (Å²) < 4.78 is 22.7. The lowest BCUT2D eigenvalue weighted by Crippen LogP contribution is -2.40. The number of rotatable bonds is 48. The molecule has 0 aromatic heterocycles. The van der Waals surface area contributed by atoms with E-state index in [9.17, 15) is 19.5 Å². The Morgan fingerprint density at radius 3 is 1.21 bits per heavy atom. The van der Waals surface area contributed by atoms with Crippen LogP contribution in [-0.2, 0) is 33.3 Å². The van der Waals surface area contributed by atoms with Crippen LogP contribution in [0.15, 0.2) is 134 Å². The van der Waals surface area contributed by atoms with Crippen molar-refractivity contribution >= 4 is 17.9 Å². The summed E-state index contributed by atoms with van der Waals surface area (Å²) in [5.74, 6) is -2.07. The van der Waals surface area contributed by atoms with Crippen LogP contribution in [0.3, 0.4) is 0 Å². The van der Waals surface area contributed by atoms with E-state index in [4.69, 9.17) is 18.9 Å². The number of carbonyl (C=O) groups is 3. The van der Waals surface area contributed by atoms with Crippen LogP contribution in [0.5, 0.6) is 0 Å². The molecule has 0 spiro atoms. The monoisotopic (exact) mass is 987 g/mol. The standard InChI is InChI=1S/C62H99NO8/c1-6-8-10-12-14-16-18-19-20-21-22-23-24-25-26-27-28-29-30-31-32-33-34-35-36-37-38-39-40-41-43-45-47-49-51-53-60(65)71-58(57-70-62(61(66)67)68-55-54-63(3,4)5)56-69-59(64)52-50-48-46-44-42-17-15-13-11-9-7-2/h8,10,13-16,19-20,22-23,25-26,28-29,31-32,34-35,37-38,40-41,58,62H,6-7,9,11-12,17-18,21,24,27,30,33,36,39,42-57H2,1-5H3/p+1/b10-8-,15-13-,16-14-,20-19-,23-22-,26-25-,29-28-,32-31-,35-34-,38-37-,41-40-. The number of carbonyl (C=O) groups excluding carboxylic acids is 2. The number of aliphatic carboxylic acids is 1. The molecule has 0 aliphatic carbocycles. The first kappa shape index (κ1) is 66.4. The number of nitrogens with zero attached hydrogens (tertiary/aromatic N) is 1. The SMILES string of the molecule is CC/C=C\C/C=C\C/C=C\C/C=C\C/C=C\C/C=C\C/C=C\C/C=C\C/C=C\C/C=C\CCCCCCC(=O)OC(COC(=O)CCCCCCC/C=C\CCCC)COC(OCC[N+](C)(C)C)C(=O)O. The Morgan fingerprint density at radius 2 is 0.803 bits per heavy atom. The molecule has 1 N–H and O–H groups in total. The Balaban J connectivity index is 4.29. The van der Waals surface area contributed by atoms with E-state index in [1.165, 1.54) is 12.8 Å². The van der Waals surface area contributed by atoms with E-state index in [1.807, 2.05) is 21.1 Å². The Labute approximate surface area is 433 Å². The van der Waals surface area contributed by atoms with Crippen LogP contribution < -0.4 is 0 Å². The molecular weight excluding hydrogens is 887 g/mol. The van der Waals surface area contributed by atoms with Gasteiger partial charge in [0.2, 0.25) is 0 Å². The van der Waals surface area contributed by atoms with Gasteiger partial charge >= 0.3 is 17.9 Å². The third-order valence-electron chi connectivity index (χ3n) is 10.9. The fourth-order valence-corrected chi connectivity index (χ4v) is 6.67. The summed E-state index contributed by atoms with van der Waals surface area (Å²) in [4.78, 5) is 37.2. The zero-order valence-electron chi connectivity index (χ0n) is 45.3. The topological polar surface area (TPSA) is 108 Å².